The van der Waals surface area contributed by atoms with Crippen molar-refractivity contribution in [1.82, 2.24) is 0 Å². The van der Waals surface area contributed by atoms with Gasteiger partial charge in [0.25, 0.3) is 5.91 Å². The third kappa shape index (κ3) is 4.18. The molecule has 1 amide bonds. The van der Waals surface area contributed by atoms with E-state index in [0.29, 0.717) is 12.8 Å². The van der Waals surface area contributed by atoms with Crippen LogP contribution in [0.2, 0.25) is 0 Å². The van der Waals surface area contributed by atoms with Gasteiger partial charge in [0.05, 0.1) is 5.41 Å². The fourth-order valence-electron chi connectivity index (χ4n) is 3.76. The molecule has 5 heteroatoms. The third-order valence-corrected chi connectivity index (χ3v) is 5.25. The number of carbonyl (C=O) groups excluding carboxylic acids is 2. The van der Waals surface area contributed by atoms with Crippen molar-refractivity contribution >= 4 is 17.6 Å². The molecule has 1 aliphatic carbocycles. The number of hydrogen-bond donors (Lipinski definition) is 1. The summed E-state index contributed by atoms with van der Waals surface area (Å²) < 4.78 is 18.6. The molecule has 1 saturated carbocycles. The highest BCUT2D eigenvalue weighted by Gasteiger charge is 2.44. The van der Waals surface area contributed by atoms with Gasteiger partial charge in [0.1, 0.15) is 5.82 Å². The number of amides is 1. The summed E-state index contributed by atoms with van der Waals surface area (Å²) in [6.45, 7) is 1.68. The maximum Gasteiger partial charge on any atom is 0.317 e. The van der Waals surface area contributed by atoms with E-state index < -0.39 is 11.4 Å². The van der Waals surface area contributed by atoms with Crippen LogP contribution >= 0.6 is 0 Å². The van der Waals surface area contributed by atoms with Crippen LogP contribution in [0, 0.1) is 5.82 Å². The predicted octanol–water partition coefficient (Wildman–Crippen LogP) is 4.38. The number of esters is 1. The standard InChI is InChI=1S/C22H24FNO3/c1-2-16-7-3-4-8-19(16)24-20(25)15-27-21(26)22(13-5-6-14-22)17-9-11-18(23)12-10-17/h3-4,7-12H,2,5-6,13-15H2,1H3,(H,24,25). The Morgan fingerprint density at radius 3 is 2.41 bits per heavy atom. The highest BCUT2D eigenvalue weighted by Crippen LogP contribution is 2.42. The van der Waals surface area contributed by atoms with Gasteiger partial charge in [-0.05, 0) is 48.6 Å². The molecule has 0 aromatic heterocycles. The largest absolute Gasteiger partial charge is 0.455 e. The van der Waals surface area contributed by atoms with Crippen LogP contribution in [0.25, 0.3) is 0 Å². The second-order valence-corrected chi connectivity index (χ2v) is 6.93. The SMILES string of the molecule is CCc1ccccc1NC(=O)COC(=O)C1(c2ccc(F)cc2)CCCC1. The molecule has 0 bridgehead atoms. The first-order valence-corrected chi connectivity index (χ1v) is 9.36. The second-order valence-electron chi connectivity index (χ2n) is 6.93. The van der Waals surface area contributed by atoms with Crippen molar-refractivity contribution in [2.75, 3.05) is 11.9 Å². The van der Waals surface area contributed by atoms with Crippen molar-refractivity contribution in [1.29, 1.82) is 0 Å². The van der Waals surface area contributed by atoms with Crippen molar-refractivity contribution in [3.8, 4) is 0 Å². The Morgan fingerprint density at radius 1 is 1.07 bits per heavy atom. The minimum Gasteiger partial charge on any atom is -0.455 e. The zero-order valence-corrected chi connectivity index (χ0v) is 15.5. The van der Waals surface area contributed by atoms with E-state index >= 15 is 0 Å². The monoisotopic (exact) mass is 369 g/mol. The summed E-state index contributed by atoms with van der Waals surface area (Å²) in [7, 11) is 0. The molecule has 0 aliphatic heterocycles. The Bertz CT molecular complexity index is 811. The fraction of sp³-hybridized carbons (Fsp3) is 0.364. The zero-order valence-electron chi connectivity index (χ0n) is 15.5. The number of ether oxygens (including phenoxy) is 1. The second kappa shape index (κ2) is 8.33. The molecule has 1 fully saturated rings. The summed E-state index contributed by atoms with van der Waals surface area (Å²) in [4.78, 5) is 25.1. The number of rotatable bonds is 6. The topological polar surface area (TPSA) is 55.4 Å². The van der Waals surface area contributed by atoms with Gasteiger partial charge in [0.2, 0.25) is 0 Å². The molecule has 0 atom stereocenters. The first-order chi connectivity index (χ1) is 13.0. The van der Waals surface area contributed by atoms with Crippen LogP contribution in [-0.4, -0.2) is 18.5 Å². The van der Waals surface area contributed by atoms with E-state index in [1.165, 1.54) is 12.1 Å². The van der Waals surface area contributed by atoms with Crippen molar-refractivity contribution < 1.29 is 18.7 Å². The first-order valence-electron chi connectivity index (χ1n) is 9.36. The summed E-state index contributed by atoms with van der Waals surface area (Å²) in [6, 6.07) is 13.5. The molecule has 0 radical (unpaired) electrons. The van der Waals surface area contributed by atoms with Gasteiger partial charge in [0.15, 0.2) is 6.61 Å². The van der Waals surface area contributed by atoms with E-state index in [0.717, 1.165) is 36.1 Å². The maximum absolute atomic E-state index is 13.3. The molecular formula is C22H24FNO3. The number of carbonyl (C=O) groups is 2. The van der Waals surface area contributed by atoms with Crippen LogP contribution in [0.1, 0.15) is 43.7 Å². The lowest BCUT2D eigenvalue weighted by atomic mass is 9.79. The Labute approximate surface area is 158 Å². The molecule has 0 heterocycles. The predicted molar refractivity (Wildman–Crippen MR) is 102 cm³/mol. The number of anilines is 1. The molecule has 0 spiro atoms. The van der Waals surface area contributed by atoms with Gasteiger partial charge < -0.3 is 10.1 Å². The molecule has 0 saturated heterocycles. The third-order valence-electron chi connectivity index (χ3n) is 5.25. The van der Waals surface area contributed by atoms with E-state index in [1.54, 1.807) is 12.1 Å². The highest BCUT2D eigenvalue weighted by molar-refractivity contribution is 5.94. The molecule has 0 unspecified atom stereocenters. The highest BCUT2D eigenvalue weighted by atomic mass is 19.1. The molecule has 1 aliphatic rings. The summed E-state index contributed by atoms with van der Waals surface area (Å²) in [5.41, 5.74) is 1.73. The number of benzene rings is 2. The van der Waals surface area contributed by atoms with Gasteiger partial charge >= 0.3 is 5.97 Å². The minimum atomic E-state index is -0.782. The van der Waals surface area contributed by atoms with E-state index in [2.05, 4.69) is 5.32 Å². The van der Waals surface area contributed by atoms with Crippen molar-refractivity contribution in [3.05, 3.63) is 65.5 Å². The van der Waals surface area contributed by atoms with Crippen LogP contribution < -0.4 is 5.32 Å². The Hall–Kier alpha value is -2.69. The summed E-state index contributed by atoms with van der Waals surface area (Å²) in [5, 5.41) is 2.80. The number of hydrogen-bond acceptors (Lipinski definition) is 3. The number of halogens is 1. The number of aryl methyl sites for hydroxylation is 1. The van der Waals surface area contributed by atoms with Crippen LogP contribution in [0.4, 0.5) is 10.1 Å². The summed E-state index contributed by atoms with van der Waals surface area (Å²) in [5.74, 6) is -1.11. The van der Waals surface area contributed by atoms with Crippen molar-refractivity contribution in [3.63, 3.8) is 0 Å². The smallest absolute Gasteiger partial charge is 0.317 e. The van der Waals surface area contributed by atoms with Gasteiger partial charge in [-0.3, -0.25) is 9.59 Å². The number of nitrogens with one attached hydrogen (secondary N) is 1. The van der Waals surface area contributed by atoms with Crippen molar-refractivity contribution in [2.45, 2.75) is 44.4 Å². The first kappa shape index (κ1) is 19.1. The Kier molecular flexibility index (Phi) is 5.89. The fourth-order valence-corrected chi connectivity index (χ4v) is 3.76. The van der Waals surface area contributed by atoms with Gasteiger partial charge in [-0.2, -0.15) is 0 Å². The van der Waals surface area contributed by atoms with Gasteiger partial charge in [-0.1, -0.05) is 50.1 Å². The van der Waals surface area contributed by atoms with Crippen molar-refractivity contribution in [2.24, 2.45) is 0 Å². The van der Waals surface area contributed by atoms with E-state index in [9.17, 15) is 14.0 Å². The minimum absolute atomic E-state index is 0.334. The molecule has 3 rings (SSSR count). The average Bonchev–Trinajstić information content (AvgIpc) is 3.18. The van der Waals surface area contributed by atoms with E-state index in [4.69, 9.17) is 4.74 Å². The molecule has 27 heavy (non-hydrogen) atoms. The zero-order chi connectivity index (χ0) is 19.3. The van der Waals surface area contributed by atoms with E-state index in [1.807, 2.05) is 31.2 Å². The normalized spacial score (nSPS) is 15.3. The van der Waals surface area contributed by atoms with Gasteiger partial charge in [0, 0.05) is 5.69 Å². The summed E-state index contributed by atoms with van der Waals surface area (Å²) >= 11 is 0. The average molecular weight is 369 g/mol. The Morgan fingerprint density at radius 2 is 1.74 bits per heavy atom. The molecule has 142 valence electrons. The van der Waals surface area contributed by atoms with Crippen LogP contribution in [0.15, 0.2) is 48.5 Å². The van der Waals surface area contributed by atoms with Gasteiger partial charge in [-0.25, -0.2) is 4.39 Å². The molecule has 2 aromatic carbocycles. The molecule has 2 aromatic rings. The van der Waals surface area contributed by atoms with Gasteiger partial charge in [-0.15, -0.1) is 0 Å². The molecular weight excluding hydrogens is 345 g/mol. The van der Waals surface area contributed by atoms with Crippen LogP contribution in [-0.2, 0) is 26.2 Å². The van der Waals surface area contributed by atoms with E-state index in [-0.39, 0.29) is 18.3 Å². The lowest BCUT2D eigenvalue weighted by Gasteiger charge is -2.27. The molecule has 1 N–H and O–H groups in total. The molecule has 4 nitrogen and oxygen atoms in total. The maximum atomic E-state index is 13.3. The number of para-hydroxylation sites is 1. The Balaban J connectivity index is 1.66. The summed E-state index contributed by atoms with van der Waals surface area (Å²) in [6.07, 6.45) is 3.91. The van der Waals surface area contributed by atoms with Crippen LogP contribution in [0.3, 0.4) is 0 Å². The lowest BCUT2D eigenvalue weighted by Crippen LogP contribution is -2.36. The van der Waals surface area contributed by atoms with Crippen LogP contribution in [0.5, 0.6) is 0 Å². The lowest BCUT2D eigenvalue weighted by molar-refractivity contribution is -0.153. The quantitative estimate of drug-likeness (QED) is 0.769.